The fraction of sp³-hybridized carbons (Fsp3) is 0.556. The Balaban J connectivity index is 2.00. The summed E-state index contributed by atoms with van der Waals surface area (Å²) in [5.74, 6) is 0.311. The van der Waals surface area contributed by atoms with Crippen molar-refractivity contribution in [2.45, 2.75) is 32.4 Å². The molecule has 0 bridgehead atoms. The number of para-hydroxylation sites is 1. The van der Waals surface area contributed by atoms with Crippen LogP contribution in [0.5, 0.6) is 5.75 Å². The van der Waals surface area contributed by atoms with Gasteiger partial charge in [0.05, 0.1) is 19.1 Å². The van der Waals surface area contributed by atoms with Crippen molar-refractivity contribution in [2.75, 3.05) is 27.2 Å². The summed E-state index contributed by atoms with van der Waals surface area (Å²) in [4.78, 5) is 27.9. The molecule has 1 aromatic rings. The molecule has 1 heterocycles. The predicted octanol–water partition coefficient (Wildman–Crippen LogP) is 1.24. The molecule has 0 radical (unpaired) electrons. The van der Waals surface area contributed by atoms with E-state index in [0.717, 1.165) is 24.2 Å². The molecule has 1 aliphatic rings. The van der Waals surface area contributed by atoms with Crippen LogP contribution in [0.1, 0.15) is 25.3 Å². The van der Waals surface area contributed by atoms with Crippen molar-refractivity contribution in [2.24, 2.45) is 11.7 Å². The van der Waals surface area contributed by atoms with Crippen LogP contribution in [0.25, 0.3) is 0 Å². The van der Waals surface area contributed by atoms with E-state index in [-0.39, 0.29) is 23.8 Å². The lowest BCUT2D eigenvalue weighted by Crippen LogP contribution is -2.50. The van der Waals surface area contributed by atoms with Crippen molar-refractivity contribution in [3.05, 3.63) is 29.8 Å². The van der Waals surface area contributed by atoms with Gasteiger partial charge in [-0.05, 0) is 32.9 Å². The lowest BCUT2D eigenvalue weighted by Gasteiger charge is -2.35. The monoisotopic (exact) mass is 333 g/mol. The van der Waals surface area contributed by atoms with Crippen LogP contribution >= 0.6 is 0 Å². The number of carbonyl (C=O) groups is 2. The lowest BCUT2D eigenvalue weighted by atomic mass is 9.97. The summed E-state index contributed by atoms with van der Waals surface area (Å²) in [6.45, 7) is 3.63. The molecule has 1 aliphatic heterocycles. The Bertz CT molecular complexity index is 591. The maximum atomic E-state index is 12.8. The Morgan fingerprint density at radius 2 is 2.12 bits per heavy atom. The molecule has 0 saturated carbocycles. The second-order valence-electron chi connectivity index (χ2n) is 6.43. The van der Waals surface area contributed by atoms with Gasteiger partial charge in [-0.3, -0.25) is 14.5 Å². The van der Waals surface area contributed by atoms with E-state index in [1.807, 2.05) is 43.1 Å². The lowest BCUT2D eigenvalue weighted by molar-refractivity contribution is -0.139. The topological polar surface area (TPSA) is 75.9 Å². The third-order valence-electron chi connectivity index (χ3n) is 4.77. The number of amides is 2. The van der Waals surface area contributed by atoms with Crippen LogP contribution in [-0.4, -0.2) is 54.9 Å². The zero-order chi connectivity index (χ0) is 17.7. The molecule has 6 heteroatoms. The highest BCUT2D eigenvalue weighted by Gasteiger charge is 2.30. The van der Waals surface area contributed by atoms with Gasteiger partial charge < -0.3 is 15.4 Å². The SMILES string of the molecule is COc1ccccc1CN(C)[C@H](C)C(=O)N1CCC[C@H](C(N)=O)C1. The van der Waals surface area contributed by atoms with Gasteiger partial charge in [0.2, 0.25) is 11.8 Å². The number of nitrogens with zero attached hydrogens (tertiary/aromatic N) is 2. The Morgan fingerprint density at radius 3 is 2.79 bits per heavy atom. The fourth-order valence-electron chi connectivity index (χ4n) is 3.10. The Hall–Kier alpha value is -2.08. The fourth-order valence-corrected chi connectivity index (χ4v) is 3.10. The summed E-state index contributed by atoms with van der Waals surface area (Å²) in [5, 5.41) is 0. The van der Waals surface area contributed by atoms with Crippen molar-refractivity contribution in [3.8, 4) is 5.75 Å². The van der Waals surface area contributed by atoms with E-state index in [1.165, 1.54) is 0 Å². The zero-order valence-corrected chi connectivity index (χ0v) is 14.7. The number of hydrogen-bond acceptors (Lipinski definition) is 4. The first kappa shape index (κ1) is 18.3. The van der Waals surface area contributed by atoms with Crippen molar-refractivity contribution in [3.63, 3.8) is 0 Å². The molecule has 2 rings (SSSR count). The predicted molar refractivity (Wildman–Crippen MR) is 92.4 cm³/mol. The smallest absolute Gasteiger partial charge is 0.239 e. The number of benzene rings is 1. The molecule has 0 aliphatic carbocycles. The summed E-state index contributed by atoms with van der Waals surface area (Å²) in [5.41, 5.74) is 6.44. The molecule has 24 heavy (non-hydrogen) atoms. The van der Waals surface area contributed by atoms with Crippen LogP contribution < -0.4 is 10.5 Å². The van der Waals surface area contributed by atoms with E-state index in [0.29, 0.717) is 19.6 Å². The Labute approximate surface area is 143 Å². The first-order valence-corrected chi connectivity index (χ1v) is 8.34. The molecule has 132 valence electrons. The van der Waals surface area contributed by atoms with Gasteiger partial charge in [-0.1, -0.05) is 18.2 Å². The quantitative estimate of drug-likeness (QED) is 0.850. The largest absolute Gasteiger partial charge is 0.496 e. The van der Waals surface area contributed by atoms with E-state index in [1.54, 1.807) is 12.0 Å². The van der Waals surface area contributed by atoms with Crippen molar-refractivity contribution >= 4 is 11.8 Å². The highest BCUT2D eigenvalue weighted by atomic mass is 16.5. The van der Waals surface area contributed by atoms with Gasteiger partial charge in [0.15, 0.2) is 0 Å². The summed E-state index contributed by atoms with van der Waals surface area (Å²) < 4.78 is 5.37. The Kier molecular flexibility index (Phi) is 6.20. The van der Waals surface area contributed by atoms with Gasteiger partial charge in [-0.2, -0.15) is 0 Å². The first-order chi connectivity index (χ1) is 11.4. The van der Waals surface area contributed by atoms with Gasteiger partial charge in [-0.15, -0.1) is 0 Å². The minimum atomic E-state index is -0.317. The second kappa shape index (κ2) is 8.15. The van der Waals surface area contributed by atoms with E-state index in [4.69, 9.17) is 10.5 Å². The number of carbonyl (C=O) groups excluding carboxylic acids is 2. The molecule has 6 nitrogen and oxygen atoms in total. The van der Waals surface area contributed by atoms with E-state index < -0.39 is 0 Å². The Morgan fingerprint density at radius 1 is 1.42 bits per heavy atom. The van der Waals surface area contributed by atoms with Gasteiger partial charge in [-0.25, -0.2) is 0 Å². The zero-order valence-electron chi connectivity index (χ0n) is 14.7. The third-order valence-corrected chi connectivity index (χ3v) is 4.77. The van der Waals surface area contributed by atoms with Gasteiger partial charge in [0.1, 0.15) is 5.75 Å². The van der Waals surface area contributed by atoms with Crippen LogP contribution in [0.3, 0.4) is 0 Å². The molecule has 0 spiro atoms. The van der Waals surface area contributed by atoms with E-state index in [2.05, 4.69) is 0 Å². The second-order valence-corrected chi connectivity index (χ2v) is 6.43. The first-order valence-electron chi connectivity index (χ1n) is 8.34. The van der Waals surface area contributed by atoms with Gasteiger partial charge >= 0.3 is 0 Å². The molecule has 0 aromatic heterocycles. The van der Waals surface area contributed by atoms with Crippen LogP contribution in [0.4, 0.5) is 0 Å². The molecule has 1 aromatic carbocycles. The summed E-state index contributed by atoms with van der Waals surface area (Å²) >= 11 is 0. The summed E-state index contributed by atoms with van der Waals surface area (Å²) in [7, 11) is 3.57. The standard InChI is InChI=1S/C18H27N3O3/c1-13(18(23)21-10-6-8-15(12-21)17(19)22)20(2)11-14-7-4-5-9-16(14)24-3/h4-5,7,9,13,15H,6,8,10-12H2,1-3H3,(H2,19,22)/t13-,15+/m1/s1. The van der Waals surface area contributed by atoms with Crippen LogP contribution in [0.2, 0.25) is 0 Å². The number of piperidine rings is 1. The molecule has 1 saturated heterocycles. The highest BCUT2D eigenvalue weighted by Crippen LogP contribution is 2.21. The van der Waals surface area contributed by atoms with Crippen LogP contribution in [0, 0.1) is 5.92 Å². The minimum Gasteiger partial charge on any atom is -0.496 e. The normalized spacial score (nSPS) is 19.2. The van der Waals surface area contributed by atoms with Gasteiger partial charge in [0, 0.05) is 25.2 Å². The molecule has 0 unspecified atom stereocenters. The highest BCUT2D eigenvalue weighted by molar-refractivity contribution is 5.83. The van der Waals surface area contributed by atoms with Crippen LogP contribution in [-0.2, 0) is 16.1 Å². The van der Waals surface area contributed by atoms with E-state index in [9.17, 15) is 9.59 Å². The summed E-state index contributed by atoms with van der Waals surface area (Å²) in [6, 6.07) is 7.52. The molecular weight excluding hydrogens is 306 g/mol. The van der Waals surface area contributed by atoms with Crippen molar-refractivity contribution < 1.29 is 14.3 Å². The maximum absolute atomic E-state index is 12.8. The number of methoxy groups -OCH3 is 1. The van der Waals surface area contributed by atoms with Gasteiger partial charge in [0.25, 0.3) is 0 Å². The molecule has 2 amide bonds. The van der Waals surface area contributed by atoms with Crippen molar-refractivity contribution in [1.82, 2.24) is 9.80 Å². The summed E-state index contributed by atoms with van der Waals surface area (Å²) in [6.07, 6.45) is 1.59. The number of likely N-dealkylation sites (tertiary alicyclic amines) is 1. The molecule has 1 fully saturated rings. The number of likely N-dealkylation sites (N-methyl/N-ethyl adjacent to an activating group) is 1. The van der Waals surface area contributed by atoms with E-state index >= 15 is 0 Å². The molecule has 2 N–H and O–H groups in total. The number of ether oxygens (including phenoxy) is 1. The number of hydrogen-bond donors (Lipinski definition) is 1. The third kappa shape index (κ3) is 4.26. The molecule has 2 atom stereocenters. The maximum Gasteiger partial charge on any atom is 0.239 e. The number of nitrogens with two attached hydrogens (primary N) is 1. The number of primary amides is 1. The van der Waals surface area contributed by atoms with Crippen molar-refractivity contribution in [1.29, 1.82) is 0 Å². The number of rotatable bonds is 6. The van der Waals surface area contributed by atoms with Crippen LogP contribution in [0.15, 0.2) is 24.3 Å². The molecular formula is C18H27N3O3. The average molecular weight is 333 g/mol. The minimum absolute atomic E-state index is 0.0401. The average Bonchev–Trinajstić information content (AvgIpc) is 2.60.